The fraction of sp³-hybridized carbons (Fsp3) is 0.364. The van der Waals surface area contributed by atoms with Crippen molar-refractivity contribution in [1.29, 1.82) is 0 Å². The summed E-state index contributed by atoms with van der Waals surface area (Å²) in [5.41, 5.74) is 1.53. The molecule has 154 valence electrons. The minimum absolute atomic E-state index is 0.0326. The predicted molar refractivity (Wildman–Crippen MR) is 111 cm³/mol. The third-order valence-corrected chi connectivity index (χ3v) is 5.83. The monoisotopic (exact) mass is 404 g/mol. The number of likely N-dealkylation sites (tertiary alicyclic amines) is 1. The van der Waals surface area contributed by atoms with E-state index in [4.69, 9.17) is 0 Å². The molecule has 2 amide bonds. The van der Waals surface area contributed by atoms with Crippen LogP contribution in [0.15, 0.2) is 55.0 Å². The van der Waals surface area contributed by atoms with Crippen molar-refractivity contribution in [2.75, 3.05) is 18.4 Å². The highest BCUT2D eigenvalue weighted by molar-refractivity contribution is 5.95. The third-order valence-electron chi connectivity index (χ3n) is 5.83. The minimum Gasteiger partial charge on any atom is -0.338 e. The summed E-state index contributed by atoms with van der Waals surface area (Å²) in [5, 5.41) is 11.7. The van der Waals surface area contributed by atoms with Crippen LogP contribution in [0.4, 0.5) is 5.82 Å². The van der Waals surface area contributed by atoms with Crippen LogP contribution in [-0.2, 0) is 4.79 Å². The van der Waals surface area contributed by atoms with Crippen LogP contribution < -0.4 is 5.32 Å². The van der Waals surface area contributed by atoms with Crippen LogP contribution in [0.2, 0.25) is 0 Å². The Morgan fingerprint density at radius 2 is 1.80 bits per heavy atom. The largest absolute Gasteiger partial charge is 0.338 e. The van der Waals surface area contributed by atoms with Crippen molar-refractivity contribution in [3.05, 3.63) is 60.6 Å². The van der Waals surface area contributed by atoms with Gasteiger partial charge in [0.1, 0.15) is 5.82 Å². The Morgan fingerprint density at radius 1 is 0.967 bits per heavy atom. The number of anilines is 1. The molecule has 2 aromatic heterocycles. The predicted octanol–water partition coefficient (Wildman–Crippen LogP) is 2.89. The fourth-order valence-corrected chi connectivity index (χ4v) is 3.98. The maximum atomic E-state index is 13.0. The summed E-state index contributed by atoms with van der Waals surface area (Å²) < 4.78 is 3.65. The van der Waals surface area contributed by atoms with Gasteiger partial charge in [-0.05, 0) is 49.9 Å². The summed E-state index contributed by atoms with van der Waals surface area (Å²) >= 11 is 0. The molecule has 5 rings (SSSR count). The first-order chi connectivity index (χ1) is 14.7. The summed E-state index contributed by atoms with van der Waals surface area (Å²) in [5.74, 6) is 1.03. The van der Waals surface area contributed by atoms with Gasteiger partial charge in [0.15, 0.2) is 0 Å². The second-order valence-electron chi connectivity index (χ2n) is 7.95. The molecular weight excluding hydrogens is 380 g/mol. The van der Waals surface area contributed by atoms with Crippen LogP contribution in [0.25, 0.3) is 5.69 Å². The van der Waals surface area contributed by atoms with Crippen molar-refractivity contribution in [2.45, 2.75) is 31.7 Å². The molecule has 1 aliphatic heterocycles. The number of piperidine rings is 1. The van der Waals surface area contributed by atoms with Crippen molar-refractivity contribution in [3.8, 4) is 5.69 Å². The molecule has 1 aromatic carbocycles. The molecule has 1 aliphatic carbocycles. The molecule has 1 N–H and O–H groups in total. The van der Waals surface area contributed by atoms with E-state index in [0.29, 0.717) is 18.7 Å². The second-order valence-corrected chi connectivity index (χ2v) is 7.95. The SMILES string of the molecule is O=C(Nc1ccnn1C1CCN(C(=O)c2cccc(-n3cccn3)c2)CC1)C1CC1. The van der Waals surface area contributed by atoms with Crippen molar-refractivity contribution >= 4 is 17.6 Å². The van der Waals surface area contributed by atoms with Crippen molar-refractivity contribution in [1.82, 2.24) is 24.5 Å². The Balaban J connectivity index is 1.23. The first-order valence-electron chi connectivity index (χ1n) is 10.4. The molecule has 8 heteroatoms. The molecule has 2 fully saturated rings. The highest BCUT2D eigenvalue weighted by atomic mass is 16.2. The zero-order valence-corrected chi connectivity index (χ0v) is 16.6. The minimum atomic E-state index is 0.0326. The van der Waals surface area contributed by atoms with Gasteiger partial charge in [-0.2, -0.15) is 10.2 Å². The smallest absolute Gasteiger partial charge is 0.253 e. The lowest BCUT2D eigenvalue weighted by Gasteiger charge is -2.33. The van der Waals surface area contributed by atoms with Crippen LogP contribution >= 0.6 is 0 Å². The number of hydrogen-bond acceptors (Lipinski definition) is 4. The first kappa shape index (κ1) is 18.6. The van der Waals surface area contributed by atoms with Gasteiger partial charge in [-0.3, -0.25) is 9.59 Å². The van der Waals surface area contributed by atoms with Crippen LogP contribution in [0.5, 0.6) is 0 Å². The molecule has 0 bridgehead atoms. The molecule has 2 aliphatic rings. The molecule has 0 spiro atoms. The Bertz CT molecular complexity index is 1050. The molecule has 0 radical (unpaired) electrons. The number of aromatic nitrogens is 4. The summed E-state index contributed by atoms with van der Waals surface area (Å²) in [6.45, 7) is 1.32. The van der Waals surface area contributed by atoms with Crippen molar-refractivity contribution < 1.29 is 9.59 Å². The first-order valence-corrected chi connectivity index (χ1v) is 10.4. The zero-order chi connectivity index (χ0) is 20.5. The van der Waals surface area contributed by atoms with E-state index in [1.807, 2.05) is 52.2 Å². The summed E-state index contributed by atoms with van der Waals surface area (Å²) in [6, 6.07) is 11.4. The van der Waals surface area contributed by atoms with E-state index in [1.165, 1.54) is 0 Å². The highest BCUT2D eigenvalue weighted by Crippen LogP contribution is 2.31. The average Bonchev–Trinajstić information content (AvgIpc) is 3.30. The molecule has 30 heavy (non-hydrogen) atoms. The molecule has 8 nitrogen and oxygen atoms in total. The lowest BCUT2D eigenvalue weighted by molar-refractivity contribution is -0.117. The van der Waals surface area contributed by atoms with Gasteiger partial charge < -0.3 is 10.2 Å². The van der Waals surface area contributed by atoms with Crippen LogP contribution in [-0.4, -0.2) is 49.4 Å². The quantitative estimate of drug-likeness (QED) is 0.709. The van der Waals surface area contributed by atoms with Crippen molar-refractivity contribution in [2.24, 2.45) is 5.92 Å². The molecule has 0 atom stereocenters. The van der Waals surface area contributed by atoms with Crippen LogP contribution in [0, 0.1) is 5.92 Å². The van der Waals surface area contributed by atoms with E-state index in [9.17, 15) is 9.59 Å². The molecule has 3 aromatic rings. The molecule has 1 saturated carbocycles. The number of carbonyl (C=O) groups excluding carboxylic acids is 2. The van der Waals surface area contributed by atoms with E-state index in [-0.39, 0.29) is 23.8 Å². The van der Waals surface area contributed by atoms with E-state index in [1.54, 1.807) is 17.1 Å². The second kappa shape index (κ2) is 7.78. The van der Waals surface area contributed by atoms with E-state index < -0.39 is 0 Å². The van der Waals surface area contributed by atoms with E-state index in [2.05, 4.69) is 15.5 Å². The number of amides is 2. The van der Waals surface area contributed by atoms with Gasteiger partial charge in [-0.15, -0.1) is 0 Å². The number of benzene rings is 1. The van der Waals surface area contributed by atoms with Crippen molar-refractivity contribution in [3.63, 3.8) is 0 Å². The summed E-state index contributed by atoms with van der Waals surface area (Å²) in [4.78, 5) is 27.0. The summed E-state index contributed by atoms with van der Waals surface area (Å²) in [6.07, 6.45) is 8.86. The lowest BCUT2D eigenvalue weighted by Crippen LogP contribution is -2.39. The fourth-order valence-electron chi connectivity index (χ4n) is 3.98. The van der Waals surface area contributed by atoms with Gasteiger partial charge >= 0.3 is 0 Å². The van der Waals surface area contributed by atoms with E-state index >= 15 is 0 Å². The van der Waals surface area contributed by atoms with Crippen LogP contribution in [0.1, 0.15) is 42.1 Å². The van der Waals surface area contributed by atoms with Gasteiger partial charge in [0.05, 0.1) is 17.9 Å². The Labute approximate surface area is 174 Å². The van der Waals surface area contributed by atoms with Gasteiger partial charge in [0.25, 0.3) is 5.91 Å². The topological polar surface area (TPSA) is 85.0 Å². The van der Waals surface area contributed by atoms with Gasteiger partial charge in [0.2, 0.25) is 5.91 Å². The Kier molecular flexibility index (Phi) is 4.82. The number of hydrogen-bond donors (Lipinski definition) is 1. The van der Waals surface area contributed by atoms with Gasteiger partial charge in [-0.1, -0.05) is 6.07 Å². The molecule has 3 heterocycles. The normalized spacial score (nSPS) is 17.1. The number of nitrogens with one attached hydrogen (secondary N) is 1. The molecule has 0 unspecified atom stereocenters. The van der Waals surface area contributed by atoms with Gasteiger partial charge in [0, 0.05) is 43.0 Å². The number of nitrogens with zero attached hydrogens (tertiary/aromatic N) is 5. The average molecular weight is 404 g/mol. The number of carbonyl (C=O) groups is 2. The maximum Gasteiger partial charge on any atom is 0.253 e. The number of rotatable bonds is 5. The Hall–Kier alpha value is -3.42. The zero-order valence-electron chi connectivity index (χ0n) is 16.6. The van der Waals surface area contributed by atoms with Crippen LogP contribution in [0.3, 0.4) is 0 Å². The highest BCUT2D eigenvalue weighted by Gasteiger charge is 2.31. The Morgan fingerprint density at radius 3 is 2.53 bits per heavy atom. The molecule has 1 saturated heterocycles. The summed E-state index contributed by atoms with van der Waals surface area (Å²) in [7, 11) is 0. The lowest BCUT2D eigenvalue weighted by atomic mass is 10.0. The molecular formula is C22H24N6O2. The maximum absolute atomic E-state index is 13.0. The third kappa shape index (κ3) is 3.72. The standard InChI is InChI=1S/C22H24N6O2/c29-21(16-5-6-16)25-20-7-11-24-28(20)18-8-13-26(14-9-18)22(30)17-3-1-4-19(15-17)27-12-2-10-23-27/h1-4,7,10-12,15-16,18H,5-6,8-9,13-14H2,(H,25,29). The van der Waals surface area contributed by atoms with Gasteiger partial charge in [-0.25, -0.2) is 9.36 Å². The van der Waals surface area contributed by atoms with E-state index in [0.717, 1.165) is 37.2 Å².